The second-order valence-electron chi connectivity index (χ2n) is 4.57. The highest BCUT2D eigenvalue weighted by atomic mass is 79.9. The summed E-state index contributed by atoms with van der Waals surface area (Å²) >= 11 is 3.12. The Morgan fingerprint density at radius 3 is 2.71 bits per heavy atom. The predicted octanol–water partition coefficient (Wildman–Crippen LogP) is 3.61. The van der Waals surface area contributed by atoms with Crippen molar-refractivity contribution in [1.29, 1.82) is 0 Å². The van der Waals surface area contributed by atoms with Crippen molar-refractivity contribution in [3.63, 3.8) is 0 Å². The number of ether oxygens (including phenoxy) is 1. The van der Waals surface area contributed by atoms with Crippen LogP contribution in [0.15, 0.2) is 22.7 Å². The lowest BCUT2D eigenvalue weighted by atomic mass is 10.2. The third-order valence-corrected chi connectivity index (χ3v) is 2.74. The van der Waals surface area contributed by atoms with Crippen molar-refractivity contribution in [1.82, 2.24) is 5.32 Å². The van der Waals surface area contributed by atoms with E-state index in [1.807, 2.05) is 0 Å². The van der Waals surface area contributed by atoms with Gasteiger partial charge in [-0.05, 0) is 48.3 Å². The molecule has 0 bridgehead atoms. The monoisotopic (exact) mass is 303 g/mol. The fraction of sp³-hybridized carbons (Fsp3) is 0.417. The zero-order valence-electron chi connectivity index (χ0n) is 10.0. The molecule has 0 atom stereocenters. The van der Waals surface area contributed by atoms with Crippen molar-refractivity contribution in [2.45, 2.75) is 32.9 Å². The molecule has 0 saturated carbocycles. The lowest BCUT2D eigenvalue weighted by Crippen LogP contribution is -2.32. The second kappa shape index (κ2) is 5.49. The number of nitrogens with one attached hydrogen (secondary N) is 1. The molecule has 0 aromatic heterocycles. The van der Waals surface area contributed by atoms with Gasteiger partial charge in [-0.15, -0.1) is 0 Å². The SMILES string of the molecule is CC(C)(C)OC(=O)NCc1cccc(F)c1Br. The van der Waals surface area contributed by atoms with Crippen molar-refractivity contribution >= 4 is 22.0 Å². The number of carbonyl (C=O) groups excluding carboxylic acids is 1. The van der Waals surface area contributed by atoms with Crippen LogP contribution in [0.25, 0.3) is 0 Å². The van der Waals surface area contributed by atoms with Crippen molar-refractivity contribution in [3.05, 3.63) is 34.1 Å². The van der Waals surface area contributed by atoms with Gasteiger partial charge in [0.15, 0.2) is 0 Å². The van der Waals surface area contributed by atoms with Crippen LogP contribution in [0.3, 0.4) is 0 Å². The third kappa shape index (κ3) is 4.73. The van der Waals surface area contributed by atoms with Gasteiger partial charge in [-0.3, -0.25) is 0 Å². The minimum Gasteiger partial charge on any atom is -0.444 e. The number of hydrogen-bond donors (Lipinski definition) is 1. The van der Waals surface area contributed by atoms with Crippen molar-refractivity contribution in [2.75, 3.05) is 0 Å². The maximum atomic E-state index is 13.2. The number of halogens is 2. The molecule has 0 spiro atoms. The minimum absolute atomic E-state index is 0.216. The van der Waals surface area contributed by atoms with Crippen LogP contribution in [0.1, 0.15) is 26.3 Å². The predicted molar refractivity (Wildman–Crippen MR) is 67.2 cm³/mol. The van der Waals surface area contributed by atoms with Gasteiger partial charge in [-0.25, -0.2) is 9.18 Å². The first-order chi connectivity index (χ1) is 7.79. The van der Waals surface area contributed by atoms with Crippen LogP contribution < -0.4 is 5.32 Å². The maximum Gasteiger partial charge on any atom is 0.407 e. The smallest absolute Gasteiger partial charge is 0.407 e. The summed E-state index contributed by atoms with van der Waals surface area (Å²) in [6.07, 6.45) is -0.520. The van der Waals surface area contributed by atoms with Crippen LogP contribution in [0.5, 0.6) is 0 Å². The lowest BCUT2D eigenvalue weighted by molar-refractivity contribution is 0.0523. The number of benzene rings is 1. The van der Waals surface area contributed by atoms with Crippen LogP contribution in [-0.2, 0) is 11.3 Å². The molecule has 0 heterocycles. The van der Waals surface area contributed by atoms with Crippen LogP contribution in [0, 0.1) is 5.82 Å². The van der Waals surface area contributed by atoms with Gasteiger partial charge in [-0.1, -0.05) is 12.1 Å². The van der Waals surface area contributed by atoms with Gasteiger partial charge in [0, 0.05) is 6.54 Å². The zero-order chi connectivity index (χ0) is 13.1. The Morgan fingerprint density at radius 1 is 1.47 bits per heavy atom. The summed E-state index contributed by atoms with van der Waals surface area (Å²) in [4.78, 5) is 11.4. The molecular formula is C12H15BrFNO2. The summed E-state index contributed by atoms with van der Waals surface area (Å²) in [6.45, 7) is 5.56. The molecular weight excluding hydrogens is 289 g/mol. The summed E-state index contributed by atoms with van der Waals surface area (Å²) in [5.41, 5.74) is 0.124. The number of amides is 1. The summed E-state index contributed by atoms with van der Waals surface area (Å²) in [5.74, 6) is -0.353. The molecule has 0 unspecified atom stereocenters. The topological polar surface area (TPSA) is 38.3 Å². The standard InChI is InChI=1S/C12H15BrFNO2/c1-12(2,3)17-11(16)15-7-8-5-4-6-9(14)10(8)13/h4-6H,7H2,1-3H3,(H,15,16). The Labute approximate surface area is 108 Å². The molecule has 5 heteroatoms. The van der Waals surface area contributed by atoms with Gasteiger partial charge in [0.1, 0.15) is 11.4 Å². The average Bonchev–Trinajstić information content (AvgIpc) is 2.18. The molecule has 0 aliphatic heterocycles. The summed E-state index contributed by atoms with van der Waals surface area (Å²) in [6, 6.07) is 4.66. The van der Waals surface area contributed by atoms with E-state index in [-0.39, 0.29) is 12.4 Å². The van der Waals surface area contributed by atoms with Crippen LogP contribution in [-0.4, -0.2) is 11.7 Å². The van der Waals surface area contributed by atoms with Gasteiger partial charge in [0.05, 0.1) is 4.47 Å². The van der Waals surface area contributed by atoms with E-state index in [4.69, 9.17) is 4.74 Å². The van der Waals surface area contributed by atoms with E-state index >= 15 is 0 Å². The quantitative estimate of drug-likeness (QED) is 0.906. The maximum absolute atomic E-state index is 13.2. The fourth-order valence-electron chi connectivity index (χ4n) is 1.17. The molecule has 0 radical (unpaired) electrons. The molecule has 17 heavy (non-hydrogen) atoms. The molecule has 1 rings (SSSR count). The largest absolute Gasteiger partial charge is 0.444 e. The van der Waals surface area contributed by atoms with E-state index in [1.165, 1.54) is 6.07 Å². The molecule has 94 valence electrons. The Kier molecular flexibility index (Phi) is 4.51. The highest BCUT2D eigenvalue weighted by Crippen LogP contribution is 2.20. The molecule has 1 aromatic rings. The van der Waals surface area contributed by atoms with E-state index in [9.17, 15) is 9.18 Å². The van der Waals surface area contributed by atoms with E-state index < -0.39 is 11.7 Å². The van der Waals surface area contributed by atoms with Crippen molar-refractivity contribution < 1.29 is 13.9 Å². The van der Waals surface area contributed by atoms with E-state index in [0.29, 0.717) is 10.0 Å². The van der Waals surface area contributed by atoms with Gasteiger partial charge in [-0.2, -0.15) is 0 Å². The zero-order valence-corrected chi connectivity index (χ0v) is 11.6. The Balaban J connectivity index is 2.56. The van der Waals surface area contributed by atoms with E-state index in [1.54, 1.807) is 32.9 Å². The first-order valence-corrected chi connectivity index (χ1v) is 5.98. The molecule has 0 aliphatic rings. The molecule has 1 aromatic carbocycles. The molecule has 0 fully saturated rings. The molecule has 3 nitrogen and oxygen atoms in total. The Bertz CT molecular complexity index is 415. The van der Waals surface area contributed by atoms with Gasteiger partial charge in [0.25, 0.3) is 0 Å². The van der Waals surface area contributed by atoms with Crippen molar-refractivity contribution in [2.24, 2.45) is 0 Å². The first kappa shape index (κ1) is 14.0. The molecule has 1 amide bonds. The number of rotatable bonds is 2. The first-order valence-electron chi connectivity index (χ1n) is 5.19. The Morgan fingerprint density at radius 2 is 2.12 bits per heavy atom. The van der Waals surface area contributed by atoms with E-state index in [0.717, 1.165) is 0 Å². The van der Waals surface area contributed by atoms with Crippen LogP contribution in [0.2, 0.25) is 0 Å². The lowest BCUT2D eigenvalue weighted by Gasteiger charge is -2.19. The van der Waals surface area contributed by atoms with E-state index in [2.05, 4.69) is 21.2 Å². The van der Waals surface area contributed by atoms with Crippen LogP contribution in [0.4, 0.5) is 9.18 Å². The minimum atomic E-state index is -0.538. The Hall–Kier alpha value is -1.10. The highest BCUT2D eigenvalue weighted by Gasteiger charge is 2.16. The number of carbonyl (C=O) groups is 1. The summed E-state index contributed by atoms with van der Waals surface area (Å²) in [5, 5.41) is 2.57. The van der Waals surface area contributed by atoms with Gasteiger partial charge >= 0.3 is 6.09 Å². The highest BCUT2D eigenvalue weighted by molar-refractivity contribution is 9.10. The average molecular weight is 304 g/mol. The second-order valence-corrected chi connectivity index (χ2v) is 5.36. The van der Waals surface area contributed by atoms with Gasteiger partial charge < -0.3 is 10.1 Å². The number of hydrogen-bond acceptors (Lipinski definition) is 2. The number of alkyl carbamates (subject to hydrolysis) is 1. The summed E-state index contributed by atoms with van der Waals surface area (Å²) in [7, 11) is 0. The molecule has 0 saturated heterocycles. The summed E-state index contributed by atoms with van der Waals surface area (Å²) < 4.78 is 18.6. The van der Waals surface area contributed by atoms with Crippen LogP contribution >= 0.6 is 15.9 Å². The van der Waals surface area contributed by atoms with Gasteiger partial charge in [0.2, 0.25) is 0 Å². The third-order valence-electron chi connectivity index (χ3n) is 1.85. The normalized spacial score (nSPS) is 11.1. The van der Waals surface area contributed by atoms with Crippen molar-refractivity contribution in [3.8, 4) is 0 Å². The molecule has 0 aliphatic carbocycles. The molecule has 1 N–H and O–H groups in total. The fourth-order valence-corrected chi connectivity index (χ4v) is 1.57.